The maximum atomic E-state index is 14.4. The average Bonchev–Trinajstić information content (AvgIpc) is 3.16. The van der Waals surface area contributed by atoms with Crippen LogP contribution in [0.5, 0.6) is 5.88 Å². The zero-order valence-electron chi connectivity index (χ0n) is 18.7. The molecule has 5 heterocycles. The highest BCUT2D eigenvalue weighted by Gasteiger charge is 2.50. The molecule has 3 aromatic rings. The molecule has 6 rings (SSSR count). The zero-order valence-corrected chi connectivity index (χ0v) is 18.7. The summed E-state index contributed by atoms with van der Waals surface area (Å²) in [6, 6.07) is 2.88. The van der Waals surface area contributed by atoms with E-state index in [1.165, 1.54) is 23.9 Å². The molecule has 3 aliphatic rings. The number of halogens is 2. The topological polar surface area (TPSA) is 114 Å². The summed E-state index contributed by atoms with van der Waals surface area (Å²) in [6.07, 6.45) is 2.11. The number of nitrogens with zero attached hydrogens (tertiary/aromatic N) is 6. The Bertz CT molecular complexity index is 1310. The van der Waals surface area contributed by atoms with Gasteiger partial charge in [-0.2, -0.15) is 15.1 Å². The molecule has 2 atom stereocenters. The van der Waals surface area contributed by atoms with Crippen LogP contribution >= 0.6 is 0 Å². The van der Waals surface area contributed by atoms with E-state index in [9.17, 15) is 23.5 Å². The largest absolute Gasteiger partial charge is 0.493 e. The molecule has 0 saturated carbocycles. The third-order valence-corrected chi connectivity index (χ3v) is 6.16. The highest BCUT2D eigenvalue weighted by atomic mass is 19.1. The fourth-order valence-electron chi connectivity index (χ4n) is 4.71. The van der Waals surface area contributed by atoms with Gasteiger partial charge in [-0.25, -0.2) is 13.5 Å². The highest BCUT2D eigenvalue weighted by Crippen LogP contribution is 2.38. The predicted octanol–water partition coefficient (Wildman–Crippen LogP) is 1.93. The summed E-state index contributed by atoms with van der Waals surface area (Å²) in [5.41, 5.74) is -1.13. The van der Waals surface area contributed by atoms with Gasteiger partial charge in [0, 0.05) is 26.1 Å². The number of carbonyl (C=O) groups is 2. The van der Waals surface area contributed by atoms with Crippen LogP contribution in [0.2, 0.25) is 0 Å². The summed E-state index contributed by atoms with van der Waals surface area (Å²) in [5, 5.41) is 14.8. The Hall–Kier alpha value is -3.83. The van der Waals surface area contributed by atoms with Crippen molar-refractivity contribution >= 4 is 28.9 Å². The van der Waals surface area contributed by atoms with Crippen LogP contribution in [-0.2, 0) is 14.3 Å². The van der Waals surface area contributed by atoms with Gasteiger partial charge in [0.05, 0.1) is 18.3 Å². The van der Waals surface area contributed by atoms with E-state index in [0.717, 1.165) is 18.6 Å². The van der Waals surface area contributed by atoms with Gasteiger partial charge in [-0.3, -0.25) is 9.59 Å². The van der Waals surface area contributed by atoms with Crippen molar-refractivity contribution in [3.05, 3.63) is 36.0 Å². The summed E-state index contributed by atoms with van der Waals surface area (Å²) in [4.78, 5) is 36.5. The van der Waals surface area contributed by atoms with Crippen LogP contribution in [0.1, 0.15) is 27.2 Å². The molecule has 0 radical (unpaired) electrons. The Morgan fingerprint density at radius 2 is 1.88 bits per heavy atom. The fourth-order valence-corrected chi connectivity index (χ4v) is 4.71. The summed E-state index contributed by atoms with van der Waals surface area (Å²) in [5.74, 6) is -2.46. The van der Waals surface area contributed by atoms with Crippen LogP contribution in [0.25, 0.3) is 16.7 Å². The van der Waals surface area contributed by atoms with Crippen LogP contribution in [-0.4, -0.2) is 72.4 Å². The van der Waals surface area contributed by atoms with Gasteiger partial charge in [0.2, 0.25) is 11.8 Å². The fraction of sp³-hybridized carbons (Fsp3) is 0.409. The number of esters is 1. The molecule has 3 saturated heterocycles. The van der Waals surface area contributed by atoms with E-state index in [4.69, 9.17) is 4.74 Å². The van der Waals surface area contributed by atoms with Crippen molar-refractivity contribution in [2.45, 2.75) is 44.9 Å². The number of carbonyl (C=O) groups excluding carboxylic acids is 2. The molecule has 3 aliphatic heterocycles. The van der Waals surface area contributed by atoms with Gasteiger partial charge in [0.25, 0.3) is 5.91 Å². The van der Waals surface area contributed by atoms with E-state index in [2.05, 4.69) is 15.1 Å². The number of fused-ring (bicyclic) bond motifs is 3. The first-order chi connectivity index (χ1) is 16.0. The molecule has 34 heavy (non-hydrogen) atoms. The summed E-state index contributed by atoms with van der Waals surface area (Å²) in [7, 11) is 0. The molecule has 12 heteroatoms. The lowest BCUT2D eigenvalue weighted by molar-refractivity contribution is -0.170. The smallest absolute Gasteiger partial charge is 0.303 e. The second-order valence-electron chi connectivity index (χ2n) is 9.00. The number of benzene rings is 1. The van der Waals surface area contributed by atoms with Crippen LogP contribution in [0.15, 0.2) is 24.4 Å². The Kier molecular flexibility index (Phi) is 4.92. The Morgan fingerprint density at radius 3 is 2.53 bits per heavy atom. The standard InChI is InChI=1S/C22H22F2N6O4/c1-11(31)34-22(2,3)20(33)28-9-13-7-14(10-28)29(13)21-26-18-15(19(32)27-21)8-25-30(18)17-5-4-12(23)6-16(17)24/h4-6,8,13-14H,7,9-10H2,1-3H3,(H,26,27,32). The van der Waals surface area contributed by atoms with Crippen molar-refractivity contribution in [1.29, 1.82) is 0 Å². The Morgan fingerprint density at radius 1 is 1.18 bits per heavy atom. The first-order valence-corrected chi connectivity index (χ1v) is 10.7. The Balaban J connectivity index is 1.43. The number of piperidine rings is 1. The zero-order chi connectivity index (χ0) is 24.4. The van der Waals surface area contributed by atoms with Crippen molar-refractivity contribution in [3.63, 3.8) is 0 Å². The maximum absolute atomic E-state index is 14.4. The lowest BCUT2D eigenvalue weighted by Gasteiger charge is -2.56. The molecule has 10 nitrogen and oxygen atoms in total. The molecule has 2 bridgehead atoms. The SMILES string of the molecule is CC(=O)OC(C)(C)C(=O)N1CC2CC(C1)N2c1nc(O)c2cnn(-c3ccc(F)cc3F)c2n1. The van der Waals surface area contributed by atoms with Crippen LogP contribution in [0.4, 0.5) is 14.7 Å². The third-order valence-electron chi connectivity index (χ3n) is 6.16. The number of aromatic nitrogens is 4. The van der Waals surface area contributed by atoms with Crippen molar-refractivity contribution in [2.24, 2.45) is 0 Å². The number of anilines is 1. The van der Waals surface area contributed by atoms with Crippen molar-refractivity contribution in [3.8, 4) is 11.6 Å². The van der Waals surface area contributed by atoms with Crippen LogP contribution in [0.3, 0.4) is 0 Å². The minimum Gasteiger partial charge on any atom is -0.493 e. The van der Waals surface area contributed by atoms with Gasteiger partial charge in [-0.15, -0.1) is 0 Å². The molecule has 1 N–H and O–H groups in total. The molecule has 178 valence electrons. The average molecular weight is 472 g/mol. The van der Waals surface area contributed by atoms with E-state index < -0.39 is 23.2 Å². The minimum atomic E-state index is -1.28. The number of hydrogen-bond donors (Lipinski definition) is 1. The first kappa shape index (κ1) is 22.0. The number of aromatic hydroxyl groups is 1. The van der Waals surface area contributed by atoms with Gasteiger partial charge in [-0.1, -0.05) is 0 Å². The maximum Gasteiger partial charge on any atom is 0.303 e. The van der Waals surface area contributed by atoms with E-state index >= 15 is 0 Å². The molecule has 2 aromatic heterocycles. The molecule has 1 amide bonds. The Labute approximate surface area is 192 Å². The van der Waals surface area contributed by atoms with E-state index in [1.807, 2.05) is 4.90 Å². The van der Waals surface area contributed by atoms with Crippen molar-refractivity contribution in [1.82, 2.24) is 24.6 Å². The van der Waals surface area contributed by atoms with Gasteiger partial charge in [0.1, 0.15) is 16.9 Å². The molecular formula is C22H22F2N6O4. The summed E-state index contributed by atoms with van der Waals surface area (Å²) < 4.78 is 34.1. The quantitative estimate of drug-likeness (QED) is 0.573. The van der Waals surface area contributed by atoms with Gasteiger partial charge < -0.3 is 19.6 Å². The van der Waals surface area contributed by atoms with Gasteiger partial charge >= 0.3 is 5.97 Å². The lowest BCUT2D eigenvalue weighted by atomic mass is 9.87. The van der Waals surface area contributed by atoms with Crippen molar-refractivity contribution in [2.75, 3.05) is 18.0 Å². The number of piperazine rings is 1. The minimum absolute atomic E-state index is 0.0197. The van der Waals surface area contributed by atoms with Crippen molar-refractivity contribution < 1.29 is 28.2 Å². The van der Waals surface area contributed by atoms with Crippen LogP contribution < -0.4 is 4.90 Å². The van der Waals surface area contributed by atoms with Gasteiger partial charge in [0.15, 0.2) is 17.1 Å². The number of ether oxygens (including phenoxy) is 1. The molecule has 0 aliphatic carbocycles. The normalized spacial score (nSPS) is 19.8. The van der Waals surface area contributed by atoms with E-state index in [0.29, 0.717) is 13.1 Å². The second kappa shape index (κ2) is 7.61. The first-order valence-electron chi connectivity index (χ1n) is 10.7. The number of hydrogen-bond acceptors (Lipinski definition) is 8. The lowest BCUT2D eigenvalue weighted by Crippen LogP contribution is -2.71. The predicted molar refractivity (Wildman–Crippen MR) is 115 cm³/mol. The van der Waals surface area contributed by atoms with Crippen LogP contribution in [0, 0.1) is 11.6 Å². The van der Waals surface area contributed by atoms with E-state index in [-0.39, 0.29) is 46.5 Å². The summed E-state index contributed by atoms with van der Waals surface area (Å²) in [6.45, 7) is 5.11. The number of rotatable bonds is 4. The molecule has 1 aromatic carbocycles. The second-order valence-corrected chi connectivity index (χ2v) is 9.00. The monoisotopic (exact) mass is 472 g/mol. The highest BCUT2D eigenvalue weighted by molar-refractivity contribution is 5.87. The van der Waals surface area contributed by atoms with Gasteiger partial charge in [-0.05, 0) is 32.4 Å². The molecule has 2 unspecified atom stereocenters. The number of amides is 1. The van der Waals surface area contributed by atoms with E-state index in [1.54, 1.807) is 18.7 Å². The molecule has 0 spiro atoms. The summed E-state index contributed by atoms with van der Waals surface area (Å²) >= 11 is 0. The molecular weight excluding hydrogens is 450 g/mol. The third kappa shape index (κ3) is 3.49. The molecule has 3 fully saturated rings.